The van der Waals surface area contributed by atoms with Gasteiger partial charge in [-0.05, 0) is 55.9 Å². The van der Waals surface area contributed by atoms with Crippen molar-refractivity contribution in [2.75, 3.05) is 0 Å². The van der Waals surface area contributed by atoms with E-state index in [9.17, 15) is 18.0 Å². The van der Waals surface area contributed by atoms with Gasteiger partial charge in [0.15, 0.2) is 0 Å². The summed E-state index contributed by atoms with van der Waals surface area (Å²) in [6.07, 6.45) is 7.02. The monoisotopic (exact) mass is 370 g/mol. The van der Waals surface area contributed by atoms with Crippen molar-refractivity contribution in [1.29, 1.82) is 0 Å². The van der Waals surface area contributed by atoms with E-state index in [1.807, 2.05) is 0 Å². The molecule has 2 nitrogen and oxygen atoms in total. The van der Waals surface area contributed by atoms with E-state index in [1.165, 1.54) is 50.7 Å². The van der Waals surface area contributed by atoms with E-state index < -0.39 is 11.7 Å². The molecular formula is C21H29F3O2. The molecular weight excluding hydrogens is 341 g/mol. The van der Waals surface area contributed by atoms with Crippen molar-refractivity contribution in [1.82, 2.24) is 0 Å². The minimum absolute atomic E-state index is 0.131. The topological polar surface area (TPSA) is 26.3 Å². The van der Waals surface area contributed by atoms with Gasteiger partial charge < -0.3 is 4.74 Å². The standard InChI is InChI=1S/C21H29F3O2/c1-2-3-4-5-6-7-16-8-10-17(11-9-16)20(25)26-19-14-12-18(13-15-19)21(22,23)24/h12-17H,2-11H2,1H3/t16-,17-. The molecule has 146 valence electrons. The maximum atomic E-state index is 12.6. The molecule has 0 saturated heterocycles. The lowest BCUT2D eigenvalue weighted by Gasteiger charge is -2.27. The van der Waals surface area contributed by atoms with Gasteiger partial charge in [0.2, 0.25) is 0 Å². The summed E-state index contributed by atoms with van der Waals surface area (Å²) in [6, 6.07) is 4.31. The molecule has 1 aromatic rings. The molecule has 0 unspecified atom stereocenters. The number of rotatable bonds is 8. The number of halogens is 3. The van der Waals surface area contributed by atoms with E-state index in [0.717, 1.165) is 37.8 Å². The van der Waals surface area contributed by atoms with Crippen LogP contribution in [0.2, 0.25) is 0 Å². The van der Waals surface area contributed by atoms with Crippen molar-refractivity contribution in [3.63, 3.8) is 0 Å². The molecule has 0 aliphatic heterocycles. The molecule has 1 fully saturated rings. The lowest BCUT2D eigenvalue weighted by atomic mass is 9.80. The second-order valence-corrected chi connectivity index (χ2v) is 7.36. The molecule has 2 rings (SSSR count). The zero-order valence-electron chi connectivity index (χ0n) is 15.5. The van der Waals surface area contributed by atoms with Crippen molar-refractivity contribution in [3.05, 3.63) is 29.8 Å². The average molecular weight is 370 g/mol. The minimum atomic E-state index is -4.38. The number of hydrogen-bond acceptors (Lipinski definition) is 2. The molecule has 1 aliphatic carbocycles. The van der Waals surface area contributed by atoms with Gasteiger partial charge in [-0.25, -0.2) is 0 Å². The second kappa shape index (κ2) is 9.98. The van der Waals surface area contributed by atoms with Crippen LogP contribution in [0.5, 0.6) is 5.75 Å². The van der Waals surface area contributed by atoms with Crippen LogP contribution >= 0.6 is 0 Å². The largest absolute Gasteiger partial charge is 0.426 e. The Balaban J connectivity index is 1.71. The summed E-state index contributed by atoms with van der Waals surface area (Å²) >= 11 is 0. The fourth-order valence-electron chi connectivity index (χ4n) is 3.63. The first-order valence-electron chi connectivity index (χ1n) is 9.79. The summed E-state index contributed by atoms with van der Waals surface area (Å²) in [5.41, 5.74) is -0.739. The summed E-state index contributed by atoms with van der Waals surface area (Å²) < 4.78 is 42.9. The van der Waals surface area contributed by atoms with Crippen LogP contribution < -0.4 is 4.74 Å². The molecule has 0 bridgehead atoms. The minimum Gasteiger partial charge on any atom is -0.426 e. The Hall–Kier alpha value is -1.52. The number of alkyl halides is 3. The van der Waals surface area contributed by atoms with Gasteiger partial charge in [0.05, 0.1) is 11.5 Å². The third-order valence-corrected chi connectivity index (χ3v) is 5.30. The van der Waals surface area contributed by atoms with Crippen molar-refractivity contribution in [2.45, 2.75) is 77.3 Å². The first kappa shape index (κ1) is 20.8. The summed E-state index contributed by atoms with van der Waals surface area (Å²) in [5, 5.41) is 0. The normalized spacial score (nSPS) is 20.8. The molecule has 0 radical (unpaired) electrons. The highest BCUT2D eigenvalue weighted by Crippen LogP contribution is 2.34. The van der Waals surface area contributed by atoms with Crippen LogP contribution in [-0.4, -0.2) is 5.97 Å². The van der Waals surface area contributed by atoms with E-state index in [2.05, 4.69) is 6.92 Å². The van der Waals surface area contributed by atoms with Crippen LogP contribution in [0.25, 0.3) is 0 Å². The van der Waals surface area contributed by atoms with Crippen molar-refractivity contribution >= 4 is 5.97 Å². The van der Waals surface area contributed by atoms with Crippen LogP contribution in [0.15, 0.2) is 24.3 Å². The molecule has 0 aromatic heterocycles. The molecule has 0 heterocycles. The highest BCUT2D eigenvalue weighted by Gasteiger charge is 2.31. The third-order valence-electron chi connectivity index (χ3n) is 5.30. The van der Waals surface area contributed by atoms with E-state index >= 15 is 0 Å². The average Bonchev–Trinajstić information content (AvgIpc) is 2.62. The lowest BCUT2D eigenvalue weighted by molar-refractivity contribution is -0.140. The van der Waals surface area contributed by atoms with Gasteiger partial charge in [0.25, 0.3) is 0 Å². The highest BCUT2D eigenvalue weighted by molar-refractivity contribution is 5.75. The maximum Gasteiger partial charge on any atom is 0.416 e. The number of esters is 1. The van der Waals surface area contributed by atoms with Crippen molar-refractivity contribution in [3.8, 4) is 5.75 Å². The summed E-state index contributed by atoms with van der Waals surface area (Å²) in [7, 11) is 0. The predicted molar refractivity (Wildman–Crippen MR) is 95.9 cm³/mol. The SMILES string of the molecule is CCCCCCC[C@H]1CC[C@H](C(=O)Oc2ccc(C(F)(F)F)cc2)CC1. The van der Waals surface area contributed by atoms with Crippen LogP contribution in [0.3, 0.4) is 0 Å². The number of benzene rings is 1. The molecule has 0 spiro atoms. The summed E-state index contributed by atoms with van der Waals surface area (Å²) in [6.45, 7) is 2.21. The predicted octanol–water partition coefficient (Wildman–Crippen LogP) is 6.78. The molecule has 1 aromatic carbocycles. The van der Waals surface area contributed by atoms with Crippen LogP contribution in [0, 0.1) is 11.8 Å². The fourth-order valence-corrected chi connectivity index (χ4v) is 3.63. The number of unbranched alkanes of at least 4 members (excludes halogenated alkanes) is 4. The number of hydrogen-bond donors (Lipinski definition) is 0. The zero-order valence-corrected chi connectivity index (χ0v) is 15.5. The van der Waals surface area contributed by atoms with Gasteiger partial charge in [-0.15, -0.1) is 0 Å². The van der Waals surface area contributed by atoms with Gasteiger partial charge in [0, 0.05) is 0 Å². The Bertz CT molecular complexity index is 543. The van der Waals surface area contributed by atoms with E-state index in [0.29, 0.717) is 5.92 Å². The lowest BCUT2D eigenvalue weighted by Crippen LogP contribution is -2.25. The first-order chi connectivity index (χ1) is 12.4. The fraction of sp³-hybridized carbons (Fsp3) is 0.667. The Labute approximate surface area is 154 Å². The summed E-state index contributed by atoms with van der Waals surface area (Å²) in [4.78, 5) is 12.2. The van der Waals surface area contributed by atoms with E-state index in [1.54, 1.807) is 0 Å². The van der Waals surface area contributed by atoms with E-state index in [4.69, 9.17) is 4.74 Å². The van der Waals surface area contributed by atoms with Crippen LogP contribution in [0.1, 0.15) is 76.7 Å². The van der Waals surface area contributed by atoms with Crippen molar-refractivity contribution in [2.24, 2.45) is 11.8 Å². The number of carbonyl (C=O) groups is 1. The Morgan fingerprint density at radius 2 is 1.62 bits per heavy atom. The quantitative estimate of drug-likeness (QED) is 0.286. The Morgan fingerprint density at radius 1 is 1.00 bits per heavy atom. The molecule has 1 saturated carbocycles. The molecule has 5 heteroatoms. The van der Waals surface area contributed by atoms with Gasteiger partial charge in [-0.3, -0.25) is 4.79 Å². The maximum absolute atomic E-state index is 12.6. The Kier molecular flexibility index (Phi) is 7.98. The van der Waals surface area contributed by atoms with Gasteiger partial charge >= 0.3 is 12.1 Å². The Morgan fingerprint density at radius 3 is 2.19 bits per heavy atom. The second-order valence-electron chi connectivity index (χ2n) is 7.36. The molecule has 26 heavy (non-hydrogen) atoms. The van der Waals surface area contributed by atoms with E-state index in [-0.39, 0.29) is 17.6 Å². The zero-order chi connectivity index (χ0) is 19.0. The van der Waals surface area contributed by atoms with Gasteiger partial charge in [-0.1, -0.05) is 45.4 Å². The molecule has 0 amide bonds. The smallest absolute Gasteiger partial charge is 0.416 e. The number of carbonyl (C=O) groups excluding carboxylic acids is 1. The first-order valence-corrected chi connectivity index (χ1v) is 9.79. The number of ether oxygens (including phenoxy) is 1. The molecule has 0 N–H and O–H groups in total. The van der Waals surface area contributed by atoms with Crippen LogP contribution in [0.4, 0.5) is 13.2 Å². The van der Waals surface area contributed by atoms with Crippen molar-refractivity contribution < 1.29 is 22.7 Å². The molecule has 1 aliphatic rings. The highest BCUT2D eigenvalue weighted by atomic mass is 19.4. The van der Waals surface area contributed by atoms with Gasteiger partial charge in [0.1, 0.15) is 5.75 Å². The third kappa shape index (κ3) is 6.65. The molecule has 0 atom stereocenters. The van der Waals surface area contributed by atoms with Gasteiger partial charge in [-0.2, -0.15) is 13.2 Å². The summed E-state index contributed by atoms with van der Waals surface area (Å²) in [5.74, 6) is 0.438. The van der Waals surface area contributed by atoms with Crippen LogP contribution in [-0.2, 0) is 11.0 Å².